The topological polar surface area (TPSA) is 93.7 Å². The van der Waals surface area contributed by atoms with Gasteiger partial charge in [0.15, 0.2) is 11.9 Å². The molecule has 0 unspecified atom stereocenters. The molecule has 1 fully saturated rings. The van der Waals surface area contributed by atoms with E-state index < -0.39 is 23.5 Å². The molecule has 0 bridgehead atoms. The summed E-state index contributed by atoms with van der Waals surface area (Å²) in [5.41, 5.74) is -0.244. The van der Waals surface area contributed by atoms with Gasteiger partial charge in [0.05, 0.1) is 17.9 Å². The van der Waals surface area contributed by atoms with Crippen LogP contribution in [0.4, 0.5) is 5.69 Å². The molecular weight excluding hydrogens is 324 g/mol. The fourth-order valence-corrected chi connectivity index (χ4v) is 3.32. The quantitative estimate of drug-likeness (QED) is 0.814. The molecular formula is C18H22N2O5. The fraction of sp³-hybridized carbons (Fsp3) is 0.500. The van der Waals surface area contributed by atoms with Crippen molar-refractivity contribution in [3.05, 3.63) is 23.8 Å². The number of rotatable bonds is 4. The zero-order valence-corrected chi connectivity index (χ0v) is 14.4. The van der Waals surface area contributed by atoms with Crippen LogP contribution in [-0.2, 0) is 14.3 Å². The van der Waals surface area contributed by atoms with Crippen molar-refractivity contribution in [2.45, 2.75) is 51.2 Å². The lowest BCUT2D eigenvalue weighted by atomic mass is 9.96. The first kappa shape index (κ1) is 17.3. The van der Waals surface area contributed by atoms with Crippen molar-refractivity contribution in [2.75, 3.05) is 11.9 Å². The van der Waals surface area contributed by atoms with E-state index in [4.69, 9.17) is 9.47 Å². The first-order valence-corrected chi connectivity index (χ1v) is 8.57. The highest BCUT2D eigenvalue weighted by molar-refractivity contribution is 6.05. The van der Waals surface area contributed by atoms with Crippen LogP contribution in [-0.4, -0.2) is 36.0 Å². The minimum absolute atomic E-state index is 0.260. The van der Waals surface area contributed by atoms with Crippen LogP contribution in [0.3, 0.4) is 0 Å². The summed E-state index contributed by atoms with van der Waals surface area (Å²) >= 11 is 0. The summed E-state index contributed by atoms with van der Waals surface area (Å²) in [5, 5.41) is 5.58. The van der Waals surface area contributed by atoms with Crippen LogP contribution in [0, 0.1) is 0 Å². The highest BCUT2D eigenvalue weighted by Crippen LogP contribution is 2.35. The molecule has 134 valence electrons. The van der Waals surface area contributed by atoms with Crippen LogP contribution in [0.25, 0.3) is 0 Å². The number of ether oxygens (including phenoxy) is 2. The number of amides is 2. The second kappa shape index (κ2) is 6.74. The van der Waals surface area contributed by atoms with Gasteiger partial charge in [-0.1, -0.05) is 18.9 Å². The number of hydrogen-bond donors (Lipinski definition) is 2. The van der Waals surface area contributed by atoms with E-state index in [1.54, 1.807) is 32.0 Å². The molecule has 1 aromatic rings. The molecule has 2 aliphatic rings. The fourth-order valence-electron chi connectivity index (χ4n) is 3.32. The molecule has 1 atom stereocenters. The maximum Gasteiger partial charge on any atom is 0.331 e. The van der Waals surface area contributed by atoms with Gasteiger partial charge in [0.2, 0.25) is 0 Å². The highest BCUT2D eigenvalue weighted by atomic mass is 16.5. The number of carbonyl (C=O) groups is 3. The minimum Gasteiger partial charge on any atom is -0.478 e. The Morgan fingerprint density at radius 3 is 2.76 bits per heavy atom. The Balaban J connectivity index is 1.87. The first-order valence-electron chi connectivity index (χ1n) is 8.57. The van der Waals surface area contributed by atoms with Gasteiger partial charge < -0.3 is 20.1 Å². The monoisotopic (exact) mass is 346 g/mol. The molecule has 1 aliphatic heterocycles. The van der Waals surface area contributed by atoms with Crippen molar-refractivity contribution in [3.63, 3.8) is 0 Å². The molecule has 7 heteroatoms. The Morgan fingerprint density at radius 1 is 1.36 bits per heavy atom. The van der Waals surface area contributed by atoms with Gasteiger partial charge >= 0.3 is 5.97 Å². The summed E-state index contributed by atoms with van der Waals surface area (Å²) in [6, 6.07) is 4.96. The van der Waals surface area contributed by atoms with Crippen molar-refractivity contribution in [3.8, 4) is 5.75 Å². The van der Waals surface area contributed by atoms with Crippen molar-refractivity contribution < 1.29 is 23.9 Å². The molecule has 25 heavy (non-hydrogen) atoms. The molecule has 1 aromatic carbocycles. The molecule has 2 N–H and O–H groups in total. The van der Waals surface area contributed by atoms with Crippen LogP contribution < -0.4 is 15.4 Å². The molecule has 1 heterocycles. The number of hydrogen-bond acceptors (Lipinski definition) is 5. The number of para-hydroxylation sites is 1. The zero-order valence-electron chi connectivity index (χ0n) is 14.4. The third kappa shape index (κ3) is 3.18. The normalized spacial score (nSPS) is 20.9. The lowest BCUT2D eigenvalue weighted by molar-refractivity contribution is -0.150. The van der Waals surface area contributed by atoms with Crippen LogP contribution >= 0.6 is 0 Å². The number of benzene rings is 1. The maximum atomic E-state index is 12.9. The molecule has 2 amide bonds. The van der Waals surface area contributed by atoms with Gasteiger partial charge in [-0.3, -0.25) is 9.59 Å². The number of anilines is 1. The predicted octanol–water partition coefficient (Wildman–Crippen LogP) is 2.01. The van der Waals surface area contributed by atoms with E-state index in [9.17, 15) is 14.4 Å². The average Bonchev–Trinajstić information content (AvgIpc) is 3.05. The summed E-state index contributed by atoms with van der Waals surface area (Å²) in [6.45, 7) is 3.63. The number of nitrogens with one attached hydrogen (secondary N) is 2. The molecule has 3 rings (SSSR count). The van der Waals surface area contributed by atoms with E-state index in [2.05, 4.69) is 10.6 Å². The van der Waals surface area contributed by atoms with E-state index in [0.717, 1.165) is 12.8 Å². The smallest absolute Gasteiger partial charge is 0.331 e. The summed E-state index contributed by atoms with van der Waals surface area (Å²) in [4.78, 5) is 37.0. The minimum atomic E-state index is -0.987. The van der Waals surface area contributed by atoms with Gasteiger partial charge in [-0.25, -0.2) is 4.79 Å². The third-order valence-electron chi connectivity index (χ3n) is 4.66. The van der Waals surface area contributed by atoms with Crippen LogP contribution in [0.1, 0.15) is 49.9 Å². The number of carbonyl (C=O) groups excluding carboxylic acids is 3. The molecule has 0 saturated heterocycles. The Bertz CT molecular complexity index is 709. The summed E-state index contributed by atoms with van der Waals surface area (Å²) in [5.74, 6) is -0.739. The molecule has 0 aromatic heterocycles. The molecule has 1 saturated carbocycles. The Morgan fingerprint density at radius 2 is 2.08 bits per heavy atom. The van der Waals surface area contributed by atoms with Gasteiger partial charge in [0.1, 0.15) is 5.54 Å². The second-order valence-electron chi connectivity index (χ2n) is 6.40. The lowest BCUT2D eigenvalue weighted by Crippen LogP contribution is -2.53. The Hall–Kier alpha value is -2.57. The standard InChI is InChI=1S/C18H22N2O5/c1-3-24-17(23)18(9-4-5-10-18)20-16(22)12-7-6-8-13-14(12)25-11(2)15(21)19-13/h6-8,11H,3-5,9-10H2,1-2H3,(H,19,21)(H,20,22)/t11-/m0/s1. The predicted molar refractivity (Wildman–Crippen MR) is 90.5 cm³/mol. The summed E-state index contributed by atoms with van der Waals surface area (Å²) in [6.07, 6.45) is 2.14. The SMILES string of the molecule is CCOC(=O)C1(NC(=O)c2cccc3c2O[C@@H](C)C(=O)N3)CCCC1. The van der Waals surface area contributed by atoms with Gasteiger partial charge in [0, 0.05) is 0 Å². The summed E-state index contributed by atoms with van der Waals surface area (Å²) < 4.78 is 10.8. The zero-order chi connectivity index (χ0) is 18.0. The largest absolute Gasteiger partial charge is 0.478 e. The van der Waals surface area contributed by atoms with Crippen LogP contribution in [0.2, 0.25) is 0 Å². The highest BCUT2D eigenvalue weighted by Gasteiger charge is 2.44. The van der Waals surface area contributed by atoms with E-state index in [1.165, 1.54) is 0 Å². The van der Waals surface area contributed by atoms with Crippen LogP contribution in [0.5, 0.6) is 5.75 Å². The molecule has 7 nitrogen and oxygen atoms in total. The number of fused-ring (bicyclic) bond motifs is 1. The van der Waals surface area contributed by atoms with Crippen molar-refractivity contribution in [1.82, 2.24) is 5.32 Å². The van der Waals surface area contributed by atoms with Gasteiger partial charge in [-0.05, 0) is 38.8 Å². The first-order chi connectivity index (χ1) is 12.0. The Kier molecular flexibility index (Phi) is 4.65. The molecule has 1 aliphatic carbocycles. The van der Waals surface area contributed by atoms with E-state index in [0.29, 0.717) is 29.8 Å². The van der Waals surface area contributed by atoms with Crippen molar-refractivity contribution >= 4 is 23.5 Å². The lowest BCUT2D eigenvalue weighted by Gasteiger charge is -2.29. The maximum absolute atomic E-state index is 12.9. The van der Waals surface area contributed by atoms with E-state index in [1.807, 2.05) is 0 Å². The van der Waals surface area contributed by atoms with Gasteiger partial charge in [-0.15, -0.1) is 0 Å². The molecule has 0 spiro atoms. The van der Waals surface area contributed by atoms with E-state index >= 15 is 0 Å². The Labute approximate surface area is 146 Å². The van der Waals surface area contributed by atoms with Crippen molar-refractivity contribution in [1.29, 1.82) is 0 Å². The van der Waals surface area contributed by atoms with Crippen LogP contribution in [0.15, 0.2) is 18.2 Å². The van der Waals surface area contributed by atoms with Crippen molar-refractivity contribution in [2.24, 2.45) is 0 Å². The summed E-state index contributed by atoms with van der Waals surface area (Å²) in [7, 11) is 0. The second-order valence-corrected chi connectivity index (χ2v) is 6.40. The van der Waals surface area contributed by atoms with E-state index in [-0.39, 0.29) is 12.5 Å². The third-order valence-corrected chi connectivity index (χ3v) is 4.66. The number of esters is 1. The van der Waals surface area contributed by atoms with Gasteiger partial charge in [0.25, 0.3) is 11.8 Å². The molecule has 0 radical (unpaired) electrons. The van der Waals surface area contributed by atoms with Gasteiger partial charge in [-0.2, -0.15) is 0 Å². The average molecular weight is 346 g/mol.